The summed E-state index contributed by atoms with van der Waals surface area (Å²) in [6.07, 6.45) is 0.242. The number of amides is 2. The Labute approximate surface area is 177 Å². The van der Waals surface area contributed by atoms with Crippen LogP contribution >= 0.6 is 0 Å². The summed E-state index contributed by atoms with van der Waals surface area (Å²) in [5.41, 5.74) is 8.38. The fourth-order valence-corrected chi connectivity index (χ4v) is 3.29. The van der Waals surface area contributed by atoms with Crippen LogP contribution in [0.3, 0.4) is 0 Å². The molecule has 0 aromatic heterocycles. The van der Waals surface area contributed by atoms with Crippen LogP contribution in [0.4, 0.5) is 10.5 Å². The molecule has 2 atom stereocenters. The number of benzene rings is 2. The Morgan fingerprint density at radius 3 is 2.43 bits per heavy atom. The van der Waals surface area contributed by atoms with Crippen molar-refractivity contribution in [3.63, 3.8) is 0 Å². The predicted molar refractivity (Wildman–Crippen MR) is 117 cm³/mol. The highest BCUT2D eigenvalue weighted by atomic mass is 16.6. The summed E-state index contributed by atoms with van der Waals surface area (Å²) in [6, 6.07) is 17.2. The van der Waals surface area contributed by atoms with Crippen LogP contribution in [0.15, 0.2) is 54.6 Å². The van der Waals surface area contributed by atoms with Crippen LogP contribution in [-0.4, -0.2) is 35.6 Å². The summed E-state index contributed by atoms with van der Waals surface area (Å²) >= 11 is 0. The van der Waals surface area contributed by atoms with Crippen molar-refractivity contribution < 1.29 is 14.3 Å². The third-order valence-electron chi connectivity index (χ3n) is 4.81. The molecule has 1 aliphatic heterocycles. The van der Waals surface area contributed by atoms with Gasteiger partial charge in [-0.15, -0.1) is 0 Å². The van der Waals surface area contributed by atoms with Crippen LogP contribution in [0.1, 0.15) is 44.4 Å². The van der Waals surface area contributed by atoms with Gasteiger partial charge in [-0.2, -0.15) is 0 Å². The molecule has 1 aliphatic rings. The quantitative estimate of drug-likeness (QED) is 0.702. The van der Waals surface area contributed by atoms with E-state index in [1.807, 2.05) is 75.4 Å². The number of hydrazine groups is 1. The van der Waals surface area contributed by atoms with E-state index in [1.165, 1.54) is 4.90 Å². The molecule has 2 amide bonds. The SMILES string of the molecule is CN(Cc1ccccc1NC(=O)C1CC(c2ccccc2)NN1)C(=O)OC(C)(C)C. The Kier molecular flexibility index (Phi) is 6.74. The second-order valence-electron chi connectivity index (χ2n) is 8.52. The Morgan fingerprint density at radius 2 is 1.73 bits per heavy atom. The van der Waals surface area contributed by atoms with Gasteiger partial charge in [0.05, 0.1) is 6.54 Å². The molecule has 7 nitrogen and oxygen atoms in total. The van der Waals surface area contributed by atoms with Crippen LogP contribution in [0.25, 0.3) is 0 Å². The summed E-state index contributed by atoms with van der Waals surface area (Å²) in [6.45, 7) is 5.82. The fourth-order valence-electron chi connectivity index (χ4n) is 3.29. The van der Waals surface area contributed by atoms with E-state index in [4.69, 9.17) is 4.74 Å². The summed E-state index contributed by atoms with van der Waals surface area (Å²) in [5, 5.41) is 3.00. The molecular weight excluding hydrogens is 380 g/mol. The molecule has 2 aromatic carbocycles. The first-order valence-corrected chi connectivity index (χ1v) is 10.1. The van der Waals surface area contributed by atoms with Gasteiger partial charge in [-0.1, -0.05) is 48.5 Å². The Bertz CT molecular complexity index is 880. The van der Waals surface area contributed by atoms with E-state index in [-0.39, 0.29) is 18.0 Å². The minimum atomic E-state index is -0.560. The minimum Gasteiger partial charge on any atom is -0.444 e. The molecule has 0 bridgehead atoms. The predicted octanol–water partition coefficient (Wildman–Crippen LogP) is 3.60. The topological polar surface area (TPSA) is 82.7 Å². The van der Waals surface area contributed by atoms with Crippen molar-refractivity contribution in [2.24, 2.45) is 0 Å². The van der Waals surface area contributed by atoms with E-state index < -0.39 is 11.7 Å². The largest absolute Gasteiger partial charge is 0.444 e. The first-order valence-electron chi connectivity index (χ1n) is 10.1. The molecular formula is C23H30N4O3. The molecule has 0 saturated carbocycles. The van der Waals surface area contributed by atoms with Gasteiger partial charge in [-0.25, -0.2) is 15.6 Å². The van der Waals surface area contributed by atoms with Gasteiger partial charge >= 0.3 is 6.09 Å². The highest BCUT2D eigenvalue weighted by molar-refractivity contribution is 5.95. The van der Waals surface area contributed by atoms with Gasteiger partial charge in [0.25, 0.3) is 0 Å². The minimum absolute atomic E-state index is 0.0792. The van der Waals surface area contributed by atoms with Gasteiger partial charge in [0.15, 0.2) is 0 Å². The zero-order chi connectivity index (χ0) is 21.7. The average molecular weight is 411 g/mol. The van der Waals surface area contributed by atoms with Crippen molar-refractivity contribution in [1.29, 1.82) is 0 Å². The van der Waals surface area contributed by atoms with E-state index in [9.17, 15) is 9.59 Å². The Balaban J connectivity index is 1.62. The van der Waals surface area contributed by atoms with Crippen LogP contribution in [0.5, 0.6) is 0 Å². The summed E-state index contributed by atoms with van der Waals surface area (Å²) < 4.78 is 5.41. The maximum atomic E-state index is 12.8. The normalized spacial score (nSPS) is 18.7. The lowest BCUT2D eigenvalue weighted by Crippen LogP contribution is -2.40. The Hall–Kier alpha value is -2.90. The van der Waals surface area contributed by atoms with Crippen LogP contribution in [-0.2, 0) is 16.1 Å². The third kappa shape index (κ3) is 5.81. The monoisotopic (exact) mass is 410 g/mol. The van der Waals surface area contributed by atoms with Gasteiger partial charge in [-0.05, 0) is 44.4 Å². The number of carbonyl (C=O) groups is 2. The van der Waals surface area contributed by atoms with Crippen LogP contribution in [0, 0.1) is 0 Å². The summed E-state index contributed by atoms with van der Waals surface area (Å²) in [4.78, 5) is 26.6. The highest BCUT2D eigenvalue weighted by Gasteiger charge is 2.30. The molecule has 30 heavy (non-hydrogen) atoms. The van der Waals surface area contributed by atoms with Gasteiger partial charge in [0.2, 0.25) is 5.91 Å². The standard InChI is InChI=1S/C23H30N4O3/c1-23(2,3)30-22(29)27(4)15-17-12-8-9-13-18(17)24-21(28)20-14-19(25-26-20)16-10-6-5-7-11-16/h5-13,19-20,25-26H,14-15H2,1-4H3,(H,24,28). The maximum absolute atomic E-state index is 12.8. The lowest BCUT2D eigenvalue weighted by atomic mass is 10.0. The number of hydrogen-bond acceptors (Lipinski definition) is 5. The molecule has 160 valence electrons. The fraction of sp³-hybridized carbons (Fsp3) is 0.391. The molecule has 2 aromatic rings. The first-order chi connectivity index (χ1) is 14.2. The second-order valence-corrected chi connectivity index (χ2v) is 8.52. The van der Waals surface area contributed by atoms with E-state index in [2.05, 4.69) is 16.2 Å². The summed E-state index contributed by atoms with van der Waals surface area (Å²) in [7, 11) is 1.68. The van der Waals surface area contributed by atoms with Crippen molar-refractivity contribution in [1.82, 2.24) is 15.8 Å². The van der Waals surface area contributed by atoms with Crippen molar-refractivity contribution in [2.75, 3.05) is 12.4 Å². The third-order valence-corrected chi connectivity index (χ3v) is 4.81. The molecule has 1 heterocycles. The van der Waals surface area contributed by atoms with Crippen LogP contribution < -0.4 is 16.2 Å². The zero-order valence-electron chi connectivity index (χ0n) is 17.9. The number of rotatable bonds is 5. The zero-order valence-corrected chi connectivity index (χ0v) is 17.9. The Morgan fingerprint density at radius 1 is 1.07 bits per heavy atom. The number of anilines is 1. The van der Waals surface area contributed by atoms with Crippen molar-refractivity contribution in [3.8, 4) is 0 Å². The number of ether oxygens (including phenoxy) is 1. The van der Waals surface area contributed by atoms with Gasteiger partial charge in [0.1, 0.15) is 11.6 Å². The average Bonchev–Trinajstić information content (AvgIpc) is 3.19. The lowest BCUT2D eigenvalue weighted by molar-refractivity contribution is -0.117. The maximum Gasteiger partial charge on any atom is 0.410 e. The second kappa shape index (κ2) is 9.28. The number of para-hydroxylation sites is 1. The molecule has 7 heteroatoms. The van der Waals surface area contributed by atoms with Crippen molar-refractivity contribution >= 4 is 17.7 Å². The number of nitrogens with zero attached hydrogens (tertiary/aromatic N) is 1. The number of nitrogens with one attached hydrogen (secondary N) is 3. The van der Waals surface area contributed by atoms with Gasteiger partial charge < -0.3 is 15.0 Å². The molecule has 3 N–H and O–H groups in total. The lowest BCUT2D eigenvalue weighted by Gasteiger charge is -2.25. The molecule has 1 saturated heterocycles. The molecule has 1 fully saturated rings. The number of hydrogen-bond donors (Lipinski definition) is 3. The number of carbonyl (C=O) groups excluding carboxylic acids is 2. The molecule has 0 spiro atoms. The van der Waals surface area contributed by atoms with Gasteiger partial charge in [0, 0.05) is 18.8 Å². The van der Waals surface area contributed by atoms with Crippen molar-refractivity contribution in [3.05, 3.63) is 65.7 Å². The van der Waals surface area contributed by atoms with E-state index in [0.29, 0.717) is 18.7 Å². The van der Waals surface area contributed by atoms with E-state index >= 15 is 0 Å². The molecule has 0 radical (unpaired) electrons. The van der Waals surface area contributed by atoms with E-state index in [1.54, 1.807) is 7.05 Å². The first kappa shape index (κ1) is 21.8. The van der Waals surface area contributed by atoms with Crippen molar-refractivity contribution in [2.45, 2.75) is 51.4 Å². The highest BCUT2D eigenvalue weighted by Crippen LogP contribution is 2.24. The van der Waals surface area contributed by atoms with Crippen LogP contribution in [0.2, 0.25) is 0 Å². The summed E-state index contributed by atoms with van der Waals surface area (Å²) in [5.74, 6) is -0.117. The molecule has 2 unspecified atom stereocenters. The molecule has 0 aliphatic carbocycles. The molecule has 3 rings (SSSR count). The van der Waals surface area contributed by atoms with Gasteiger partial charge in [-0.3, -0.25) is 4.79 Å². The smallest absolute Gasteiger partial charge is 0.410 e. The van der Waals surface area contributed by atoms with E-state index in [0.717, 1.165) is 11.1 Å².